The van der Waals surface area contributed by atoms with E-state index in [1.54, 1.807) is 11.3 Å². The van der Waals surface area contributed by atoms with Crippen molar-refractivity contribution in [3.63, 3.8) is 0 Å². The summed E-state index contributed by atoms with van der Waals surface area (Å²) in [5.41, 5.74) is 8.41. The summed E-state index contributed by atoms with van der Waals surface area (Å²) in [6.07, 6.45) is 0. The quantitative estimate of drug-likeness (QED) is 0.198. The van der Waals surface area contributed by atoms with Gasteiger partial charge in [0.05, 0.1) is 0 Å². The summed E-state index contributed by atoms with van der Waals surface area (Å²) < 4.78 is 8.65. The van der Waals surface area contributed by atoms with Gasteiger partial charge < -0.3 is 9.32 Å². The standard InChI is InChI=1S/C41H26N2OS/c1-2-13-31(14-3-1)43(32-15-8-12-29(25-32)30-21-20-27-10-4-5-11-28(27)24-30)33-22-23-34-39(26-33)45-38-19-9-16-35(40(34)38)41-42-36-17-6-7-18-37(36)44-41/h1-26H. The number of para-hydroxylation sites is 3. The fourth-order valence-corrected chi connectivity index (χ4v) is 7.50. The second kappa shape index (κ2) is 10.5. The number of benzene rings is 7. The van der Waals surface area contributed by atoms with E-state index in [1.807, 2.05) is 24.3 Å². The molecule has 0 N–H and O–H groups in total. The van der Waals surface area contributed by atoms with Crippen LogP contribution in [0, 0.1) is 0 Å². The highest BCUT2D eigenvalue weighted by atomic mass is 32.1. The first kappa shape index (κ1) is 25.8. The average molecular weight is 595 g/mol. The third-order valence-electron chi connectivity index (χ3n) is 8.46. The van der Waals surface area contributed by atoms with Gasteiger partial charge in [-0.15, -0.1) is 11.3 Å². The molecule has 0 aliphatic rings. The average Bonchev–Trinajstić information content (AvgIpc) is 3.70. The molecule has 0 atom stereocenters. The lowest BCUT2D eigenvalue weighted by atomic mass is 10.0. The normalized spacial score (nSPS) is 11.6. The van der Waals surface area contributed by atoms with E-state index in [1.165, 1.54) is 42.1 Å². The summed E-state index contributed by atoms with van der Waals surface area (Å²) >= 11 is 1.80. The Morgan fingerprint density at radius 3 is 2.18 bits per heavy atom. The van der Waals surface area contributed by atoms with Crippen molar-refractivity contribution in [2.24, 2.45) is 0 Å². The Morgan fingerprint density at radius 2 is 1.27 bits per heavy atom. The van der Waals surface area contributed by atoms with Gasteiger partial charge in [0.15, 0.2) is 5.58 Å². The summed E-state index contributed by atoms with van der Waals surface area (Å²) in [7, 11) is 0. The fraction of sp³-hybridized carbons (Fsp3) is 0. The van der Waals surface area contributed by atoms with Crippen LogP contribution in [0.5, 0.6) is 0 Å². The van der Waals surface area contributed by atoms with Crippen LogP contribution in [-0.2, 0) is 0 Å². The van der Waals surface area contributed by atoms with E-state index < -0.39 is 0 Å². The Labute approximate surface area is 264 Å². The van der Waals surface area contributed by atoms with Crippen LogP contribution in [0.2, 0.25) is 0 Å². The predicted molar refractivity (Wildman–Crippen MR) is 190 cm³/mol. The van der Waals surface area contributed by atoms with Crippen molar-refractivity contribution >= 4 is 70.4 Å². The molecule has 2 aromatic heterocycles. The SMILES string of the molecule is c1ccc(N(c2cccc(-c3ccc4ccccc4c3)c2)c2ccc3c(c2)sc2cccc(-c4nc5ccccc5o4)c23)cc1. The first-order valence-corrected chi connectivity index (χ1v) is 15.9. The molecule has 0 aliphatic heterocycles. The van der Waals surface area contributed by atoms with Gasteiger partial charge in [0.1, 0.15) is 5.52 Å². The van der Waals surface area contributed by atoms with Crippen molar-refractivity contribution < 1.29 is 4.42 Å². The predicted octanol–water partition coefficient (Wildman–Crippen LogP) is 12.2. The molecule has 0 saturated heterocycles. The third kappa shape index (κ3) is 4.46. The molecular weight excluding hydrogens is 569 g/mol. The number of aromatic nitrogens is 1. The first-order valence-electron chi connectivity index (χ1n) is 15.0. The highest BCUT2D eigenvalue weighted by Crippen LogP contribution is 2.44. The highest BCUT2D eigenvalue weighted by molar-refractivity contribution is 7.26. The van der Waals surface area contributed by atoms with Gasteiger partial charge in [-0.1, -0.05) is 91.0 Å². The molecule has 4 heteroatoms. The number of hydrogen-bond donors (Lipinski definition) is 0. The van der Waals surface area contributed by atoms with Gasteiger partial charge in [0, 0.05) is 42.8 Å². The maximum atomic E-state index is 6.21. The largest absolute Gasteiger partial charge is 0.436 e. The van der Waals surface area contributed by atoms with Crippen LogP contribution in [-0.4, -0.2) is 4.98 Å². The summed E-state index contributed by atoms with van der Waals surface area (Å²) in [6, 6.07) is 55.8. The number of rotatable bonds is 5. The second-order valence-electron chi connectivity index (χ2n) is 11.2. The zero-order valence-corrected chi connectivity index (χ0v) is 25.0. The molecule has 0 saturated carbocycles. The summed E-state index contributed by atoms with van der Waals surface area (Å²) in [4.78, 5) is 7.17. The van der Waals surface area contributed by atoms with Gasteiger partial charge in [-0.05, 0) is 88.6 Å². The summed E-state index contributed by atoms with van der Waals surface area (Å²) in [6.45, 7) is 0. The van der Waals surface area contributed by atoms with Crippen LogP contribution in [0.4, 0.5) is 17.1 Å². The molecule has 9 rings (SSSR count). The maximum absolute atomic E-state index is 6.21. The Kier molecular flexibility index (Phi) is 6.00. The highest BCUT2D eigenvalue weighted by Gasteiger charge is 2.18. The lowest BCUT2D eigenvalue weighted by Crippen LogP contribution is -2.09. The van der Waals surface area contributed by atoms with Crippen LogP contribution >= 0.6 is 11.3 Å². The van der Waals surface area contributed by atoms with Crippen LogP contribution in [0.15, 0.2) is 162 Å². The molecule has 212 valence electrons. The number of hydrogen-bond acceptors (Lipinski definition) is 4. The second-order valence-corrected chi connectivity index (χ2v) is 12.3. The number of oxazole rings is 1. The number of nitrogens with zero attached hydrogens (tertiary/aromatic N) is 2. The van der Waals surface area contributed by atoms with Crippen molar-refractivity contribution in [2.75, 3.05) is 4.90 Å². The number of fused-ring (bicyclic) bond motifs is 5. The third-order valence-corrected chi connectivity index (χ3v) is 9.58. The molecule has 45 heavy (non-hydrogen) atoms. The Morgan fingerprint density at radius 1 is 0.511 bits per heavy atom. The Bertz CT molecular complexity index is 2480. The summed E-state index contributed by atoms with van der Waals surface area (Å²) in [5, 5.41) is 4.88. The van der Waals surface area contributed by atoms with E-state index in [9.17, 15) is 0 Å². The van der Waals surface area contributed by atoms with Crippen molar-refractivity contribution in [2.45, 2.75) is 0 Å². The number of anilines is 3. The first-order chi connectivity index (χ1) is 22.3. The molecule has 0 fully saturated rings. The zero-order valence-electron chi connectivity index (χ0n) is 24.2. The van der Waals surface area contributed by atoms with Gasteiger partial charge >= 0.3 is 0 Å². The molecule has 9 aromatic rings. The van der Waals surface area contributed by atoms with Crippen molar-refractivity contribution in [1.29, 1.82) is 0 Å². The van der Waals surface area contributed by atoms with Crippen LogP contribution in [0.3, 0.4) is 0 Å². The summed E-state index contributed by atoms with van der Waals surface area (Å²) in [5.74, 6) is 0.655. The monoisotopic (exact) mass is 594 g/mol. The van der Waals surface area contributed by atoms with Gasteiger partial charge in [-0.3, -0.25) is 0 Å². The van der Waals surface area contributed by atoms with Crippen molar-refractivity contribution in [3.05, 3.63) is 158 Å². The molecule has 2 heterocycles. The lowest BCUT2D eigenvalue weighted by Gasteiger charge is -2.26. The van der Waals surface area contributed by atoms with E-state index >= 15 is 0 Å². The fourth-order valence-electron chi connectivity index (χ4n) is 6.34. The van der Waals surface area contributed by atoms with Crippen LogP contribution < -0.4 is 4.90 Å². The minimum Gasteiger partial charge on any atom is -0.436 e. The zero-order chi connectivity index (χ0) is 29.7. The molecule has 0 unspecified atom stereocenters. The molecule has 0 aliphatic carbocycles. The molecule has 0 bridgehead atoms. The van der Waals surface area contributed by atoms with E-state index in [-0.39, 0.29) is 0 Å². The molecule has 0 spiro atoms. The van der Waals surface area contributed by atoms with E-state index in [4.69, 9.17) is 9.40 Å². The minimum absolute atomic E-state index is 0.655. The molecule has 3 nitrogen and oxygen atoms in total. The van der Waals surface area contributed by atoms with E-state index in [2.05, 4.69) is 138 Å². The van der Waals surface area contributed by atoms with Crippen LogP contribution in [0.25, 0.3) is 64.6 Å². The maximum Gasteiger partial charge on any atom is 0.227 e. The van der Waals surface area contributed by atoms with Gasteiger partial charge in [0.25, 0.3) is 0 Å². The van der Waals surface area contributed by atoms with Gasteiger partial charge in [-0.25, -0.2) is 4.98 Å². The number of thiophene rings is 1. The van der Waals surface area contributed by atoms with Gasteiger partial charge in [-0.2, -0.15) is 0 Å². The molecule has 7 aromatic carbocycles. The van der Waals surface area contributed by atoms with Crippen molar-refractivity contribution in [3.8, 4) is 22.6 Å². The van der Waals surface area contributed by atoms with Crippen molar-refractivity contribution in [1.82, 2.24) is 4.98 Å². The smallest absolute Gasteiger partial charge is 0.227 e. The van der Waals surface area contributed by atoms with Crippen LogP contribution in [0.1, 0.15) is 0 Å². The Balaban J connectivity index is 1.18. The topological polar surface area (TPSA) is 29.3 Å². The Hall–Kier alpha value is -5.71. The lowest BCUT2D eigenvalue weighted by molar-refractivity contribution is 0.620. The molecule has 0 amide bonds. The van der Waals surface area contributed by atoms with E-state index in [0.29, 0.717) is 5.89 Å². The van der Waals surface area contributed by atoms with E-state index in [0.717, 1.165) is 33.7 Å². The minimum atomic E-state index is 0.655. The van der Waals surface area contributed by atoms with Gasteiger partial charge in [0.2, 0.25) is 5.89 Å². The molecule has 0 radical (unpaired) electrons. The molecular formula is C41H26N2OS.